The molecular weight excluding hydrogens is 160 g/mol. The van der Waals surface area contributed by atoms with Crippen LogP contribution in [0.5, 0.6) is 0 Å². The highest BCUT2D eigenvalue weighted by Gasteiger charge is 2.12. The van der Waals surface area contributed by atoms with Crippen molar-refractivity contribution >= 4 is 0 Å². The van der Waals surface area contributed by atoms with E-state index in [2.05, 4.69) is 41.3 Å². The number of hydrogen-bond donors (Lipinski definition) is 0. The fraction of sp³-hybridized carbons (Fsp3) is 0.182. The van der Waals surface area contributed by atoms with E-state index in [-0.39, 0.29) is 0 Å². The molecule has 1 aromatic rings. The van der Waals surface area contributed by atoms with Gasteiger partial charge in [0.1, 0.15) is 0 Å². The highest BCUT2D eigenvalue weighted by atomic mass is 15.1. The molecule has 0 aliphatic carbocycles. The Hall–Kier alpha value is -1.57. The molecule has 0 aromatic carbocycles. The highest BCUT2D eigenvalue weighted by molar-refractivity contribution is 5.24. The lowest BCUT2D eigenvalue weighted by atomic mass is 10.1. The van der Waals surface area contributed by atoms with Crippen LogP contribution in [0.1, 0.15) is 11.6 Å². The first-order valence-electron chi connectivity index (χ1n) is 4.35. The Bertz CT molecular complexity index is 327. The van der Waals surface area contributed by atoms with Crippen LogP contribution in [0, 0.1) is 0 Å². The average molecular weight is 172 g/mol. The molecule has 0 bridgehead atoms. The van der Waals surface area contributed by atoms with Gasteiger partial charge in [0.05, 0.1) is 6.04 Å². The molecule has 13 heavy (non-hydrogen) atoms. The molecule has 0 amide bonds. The molecule has 2 nitrogen and oxygen atoms in total. The van der Waals surface area contributed by atoms with Crippen LogP contribution in [0.15, 0.2) is 49.0 Å². The maximum absolute atomic E-state index is 4.11. The summed E-state index contributed by atoms with van der Waals surface area (Å²) < 4.78 is 0. The van der Waals surface area contributed by atoms with Crippen LogP contribution in [0.25, 0.3) is 0 Å². The van der Waals surface area contributed by atoms with Gasteiger partial charge >= 0.3 is 0 Å². The van der Waals surface area contributed by atoms with Gasteiger partial charge in [0.25, 0.3) is 0 Å². The molecule has 1 aliphatic rings. The van der Waals surface area contributed by atoms with Gasteiger partial charge in [-0.3, -0.25) is 4.98 Å². The Balaban J connectivity index is 2.27. The van der Waals surface area contributed by atoms with Gasteiger partial charge in [-0.15, -0.1) is 0 Å². The van der Waals surface area contributed by atoms with Crippen LogP contribution < -0.4 is 0 Å². The molecule has 0 saturated heterocycles. The molecule has 1 aromatic heterocycles. The number of nitrogens with zero attached hydrogens (tertiary/aromatic N) is 2. The van der Waals surface area contributed by atoms with Crippen molar-refractivity contribution in [2.75, 3.05) is 7.05 Å². The summed E-state index contributed by atoms with van der Waals surface area (Å²) in [5.41, 5.74) is 1.23. The van der Waals surface area contributed by atoms with Crippen LogP contribution in [0.2, 0.25) is 0 Å². The Morgan fingerprint density at radius 1 is 1.38 bits per heavy atom. The highest BCUT2D eigenvalue weighted by Crippen LogP contribution is 2.22. The van der Waals surface area contributed by atoms with E-state index in [1.54, 1.807) is 6.20 Å². The predicted octanol–water partition coefficient (Wildman–Crippen LogP) is 2.14. The summed E-state index contributed by atoms with van der Waals surface area (Å²) in [6.45, 7) is 0. The molecular formula is C11H12N2. The van der Waals surface area contributed by atoms with E-state index in [0.717, 1.165) is 0 Å². The smallest absolute Gasteiger partial charge is 0.0735 e. The Morgan fingerprint density at radius 2 is 2.31 bits per heavy atom. The second-order valence-corrected chi connectivity index (χ2v) is 3.12. The van der Waals surface area contributed by atoms with Gasteiger partial charge in [-0.05, 0) is 23.9 Å². The van der Waals surface area contributed by atoms with Gasteiger partial charge in [-0.25, -0.2) is 0 Å². The molecule has 66 valence electrons. The van der Waals surface area contributed by atoms with Gasteiger partial charge in [0.2, 0.25) is 0 Å². The van der Waals surface area contributed by atoms with Crippen molar-refractivity contribution in [2.45, 2.75) is 6.04 Å². The van der Waals surface area contributed by atoms with Crippen molar-refractivity contribution in [3.8, 4) is 0 Å². The van der Waals surface area contributed by atoms with Crippen molar-refractivity contribution in [3.05, 3.63) is 54.5 Å². The molecule has 0 fully saturated rings. The molecule has 2 heterocycles. The van der Waals surface area contributed by atoms with Gasteiger partial charge < -0.3 is 4.90 Å². The Morgan fingerprint density at radius 3 is 3.00 bits per heavy atom. The maximum atomic E-state index is 4.11. The zero-order valence-electron chi connectivity index (χ0n) is 7.59. The number of likely N-dealkylation sites (N-methyl/N-ethyl adjacent to an activating group) is 1. The minimum atomic E-state index is 0.332. The first kappa shape index (κ1) is 8.05. The minimum Gasteiger partial charge on any atom is -0.370 e. The summed E-state index contributed by atoms with van der Waals surface area (Å²) >= 11 is 0. The van der Waals surface area contributed by atoms with Gasteiger partial charge in [0.15, 0.2) is 0 Å². The van der Waals surface area contributed by atoms with Crippen molar-refractivity contribution in [3.63, 3.8) is 0 Å². The fourth-order valence-electron chi connectivity index (χ4n) is 1.48. The van der Waals surface area contributed by atoms with E-state index >= 15 is 0 Å². The normalized spacial score (nSPS) is 20.7. The third kappa shape index (κ3) is 1.61. The van der Waals surface area contributed by atoms with Crippen LogP contribution >= 0.6 is 0 Å². The summed E-state index contributed by atoms with van der Waals surface area (Å²) in [5.74, 6) is 0. The first-order chi connectivity index (χ1) is 6.38. The summed E-state index contributed by atoms with van der Waals surface area (Å²) in [7, 11) is 2.07. The van der Waals surface area contributed by atoms with Crippen LogP contribution in [-0.4, -0.2) is 16.9 Å². The molecule has 0 N–H and O–H groups in total. The van der Waals surface area contributed by atoms with Gasteiger partial charge in [0, 0.05) is 19.4 Å². The van der Waals surface area contributed by atoms with E-state index in [0.29, 0.717) is 6.04 Å². The quantitative estimate of drug-likeness (QED) is 0.645. The van der Waals surface area contributed by atoms with Crippen LogP contribution in [-0.2, 0) is 0 Å². The second-order valence-electron chi connectivity index (χ2n) is 3.12. The minimum absolute atomic E-state index is 0.332. The molecule has 2 rings (SSSR count). The third-order valence-electron chi connectivity index (χ3n) is 2.19. The second kappa shape index (κ2) is 3.44. The number of pyridine rings is 1. The topological polar surface area (TPSA) is 16.1 Å². The fourth-order valence-corrected chi connectivity index (χ4v) is 1.48. The summed E-state index contributed by atoms with van der Waals surface area (Å²) in [4.78, 5) is 6.27. The summed E-state index contributed by atoms with van der Waals surface area (Å²) in [6, 6.07) is 4.39. The van der Waals surface area contributed by atoms with Crippen molar-refractivity contribution in [2.24, 2.45) is 0 Å². The van der Waals surface area contributed by atoms with E-state index < -0.39 is 0 Å². The standard InChI is InChI=1S/C11H12N2/c1-13-8-3-2-6-11(13)10-5-4-7-12-9-10/h2-9,11H,1H3. The SMILES string of the molecule is CN1C=CC=CC1c1cccnc1. The van der Waals surface area contributed by atoms with Crippen LogP contribution in [0.4, 0.5) is 0 Å². The van der Waals surface area contributed by atoms with E-state index in [9.17, 15) is 0 Å². The number of allylic oxidation sites excluding steroid dienone is 2. The maximum Gasteiger partial charge on any atom is 0.0735 e. The van der Waals surface area contributed by atoms with Crippen molar-refractivity contribution in [1.82, 2.24) is 9.88 Å². The molecule has 0 saturated carbocycles. The number of hydrogen-bond acceptors (Lipinski definition) is 2. The zero-order chi connectivity index (χ0) is 9.10. The average Bonchev–Trinajstić information content (AvgIpc) is 2.20. The Labute approximate surface area is 78.2 Å². The van der Waals surface area contributed by atoms with E-state index in [1.165, 1.54) is 5.56 Å². The third-order valence-corrected chi connectivity index (χ3v) is 2.19. The molecule has 0 spiro atoms. The lowest BCUT2D eigenvalue weighted by Gasteiger charge is -2.26. The molecule has 1 aliphatic heterocycles. The lowest BCUT2D eigenvalue weighted by Crippen LogP contribution is -2.18. The van der Waals surface area contributed by atoms with E-state index in [4.69, 9.17) is 0 Å². The molecule has 1 unspecified atom stereocenters. The lowest BCUT2D eigenvalue weighted by molar-refractivity contribution is 0.389. The predicted molar refractivity (Wildman–Crippen MR) is 53.0 cm³/mol. The van der Waals surface area contributed by atoms with Gasteiger partial charge in [-0.1, -0.05) is 18.2 Å². The molecule has 2 heteroatoms. The van der Waals surface area contributed by atoms with Crippen LogP contribution in [0.3, 0.4) is 0 Å². The monoisotopic (exact) mass is 172 g/mol. The van der Waals surface area contributed by atoms with Crippen molar-refractivity contribution < 1.29 is 0 Å². The number of aromatic nitrogens is 1. The summed E-state index contributed by atoms with van der Waals surface area (Å²) in [6.07, 6.45) is 12.0. The zero-order valence-corrected chi connectivity index (χ0v) is 7.59. The Kier molecular flexibility index (Phi) is 2.13. The molecule has 1 atom stereocenters. The largest absolute Gasteiger partial charge is 0.370 e. The van der Waals surface area contributed by atoms with Crippen molar-refractivity contribution in [1.29, 1.82) is 0 Å². The molecule has 0 radical (unpaired) electrons. The summed E-state index contributed by atoms with van der Waals surface area (Å²) in [5, 5.41) is 0. The van der Waals surface area contributed by atoms with E-state index in [1.807, 2.05) is 18.3 Å². The number of rotatable bonds is 1. The first-order valence-corrected chi connectivity index (χ1v) is 4.35. The van der Waals surface area contributed by atoms with Gasteiger partial charge in [-0.2, -0.15) is 0 Å².